The van der Waals surface area contributed by atoms with Crippen molar-refractivity contribution in [3.8, 4) is 5.75 Å². The van der Waals surface area contributed by atoms with Crippen molar-refractivity contribution in [2.75, 3.05) is 44.7 Å². The molecule has 0 unspecified atom stereocenters. The molecule has 32 heavy (non-hydrogen) atoms. The van der Waals surface area contributed by atoms with Crippen LogP contribution in [0, 0.1) is 0 Å². The van der Waals surface area contributed by atoms with Gasteiger partial charge in [-0.15, -0.1) is 0 Å². The Morgan fingerprint density at radius 3 is 2.56 bits per heavy atom. The second-order valence-electron chi connectivity index (χ2n) is 9.18. The number of hydrogen-bond acceptors (Lipinski definition) is 5. The average Bonchev–Trinajstić information content (AvgIpc) is 2.76. The van der Waals surface area contributed by atoms with Crippen LogP contribution in [0.4, 0.5) is 5.82 Å². The van der Waals surface area contributed by atoms with Gasteiger partial charge in [-0.2, -0.15) is 0 Å². The van der Waals surface area contributed by atoms with E-state index in [9.17, 15) is 0 Å². The van der Waals surface area contributed by atoms with Crippen LogP contribution in [0.15, 0.2) is 47.6 Å². The lowest BCUT2D eigenvalue weighted by Crippen LogP contribution is -2.44. The Bertz CT molecular complexity index is 884. The summed E-state index contributed by atoms with van der Waals surface area (Å²) >= 11 is 0. The third-order valence-electron chi connectivity index (χ3n) is 5.24. The number of pyridine rings is 1. The molecule has 1 saturated heterocycles. The first-order valence-electron chi connectivity index (χ1n) is 11.5. The van der Waals surface area contributed by atoms with E-state index in [2.05, 4.69) is 72.3 Å². The number of nitrogens with one attached hydrogen (secondary N) is 2. The molecule has 0 atom stereocenters. The van der Waals surface area contributed by atoms with E-state index in [-0.39, 0.29) is 5.60 Å². The molecule has 174 valence electrons. The second kappa shape index (κ2) is 11.2. The molecular formula is C25H38N6O. The van der Waals surface area contributed by atoms with Crippen molar-refractivity contribution in [1.82, 2.24) is 20.5 Å². The molecule has 0 radical (unpaired) electrons. The van der Waals surface area contributed by atoms with Crippen LogP contribution in [0.2, 0.25) is 0 Å². The number of rotatable bonds is 7. The molecule has 3 rings (SSSR count). The molecule has 0 aliphatic carbocycles. The minimum Gasteiger partial charge on any atom is -0.488 e. The number of ether oxygens (including phenoxy) is 1. The summed E-state index contributed by atoms with van der Waals surface area (Å²) in [6.07, 6.45) is 1.89. The van der Waals surface area contributed by atoms with Gasteiger partial charge in [0.25, 0.3) is 0 Å². The maximum atomic E-state index is 6.12. The van der Waals surface area contributed by atoms with Crippen LogP contribution < -0.4 is 20.3 Å². The van der Waals surface area contributed by atoms with E-state index in [0.717, 1.165) is 61.4 Å². The fraction of sp³-hybridized carbons (Fsp3) is 0.520. The zero-order valence-corrected chi connectivity index (χ0v) is 20.2. The summed E-state index contributed by atoms with van der Waals surface area (Å²) in [5.41, 5.74) is 2.02. The van der Waals surface area contributed by atoms with Crippen molar-refractivity contribution in [1.29, 1.82) is 0 Å². The van der Waals surface area contributed by atoms with Crippen molar-refractivity contribution in [2.24, 2.45) is 4.99 Å². The molecular weight excluding hydrogens is 400 g/mol. The Hall–Kier alpha value is -2.80. The Labute approximate surface area is 192 Å². The van der Waals surface area contributed by atoms with Crippen molar-refractivity contribution in [2.45, 2.75) is 46.4 Å². The highest BCUT2D eigenvalue weighted by Gasteiger charge is 2.16. The highest BCUT2D eigenvalue weighted by molar-refractivity contribution is 5.79. The van der Waals surface area contributed by atoms with E-state index in [1.807, 2.05) is 30.5 Å². The monoisotopic (exact) mass is 438 g/mol. The van der Waals surface area contributed by atoms with Crippen LogP contribution >= 0.6 is 0 Å². The zero-order valence-electron chi connectivity index (χ0n) is 20.2. The number of guanidine groups is 1. The van der Waals surface area contributed by atoms with E-state index < -0.39 is 0 Å². The summed E-state index contributed by atoms with van der Waals surface area (Å²) in [5, 5.41) is 6.78. The van der Waals surface area contributed by atoms with Gasteiger partial charge in [0.15, 0.2) is 5.96 Å². The number of benzene rings is 1. The molecule has 1 aliphatic rings. The second-order valence-corrected chi connectivity index (χ2v) is 9.18. The highest BCUT2D eigenvalue weighted by atomic mass is 16.5. The Kier molecular flexibility index (Phi) is 8.33. The van der Waals surface area contributed by atoms with E-state index in [1.54, 1.807) is 0 Å². The molecule has 2 heterocycles. The number of aromatic nitrogens is 1. The number of piperazine rings is 1. The first-order chi connectivity index (χ1) is 15.3. The van der Waals surface area contributed by atoms with Gasteiger partial charge in [0.1, 0.15) is 17.2 Å². The molecule has 0 bridgehead atoms. The van der Waals surface area contributed by atoms with E-state index >= 15 is 0 Å². The van der Waals surface area contributed by atoms with Crippen LogP contribution in [0.25, 0.3) is 0 Å². The third kappa shape index (κ3) is 7.41. The zero-order chi connectivity index (χ0) is 23.0. The van der Waals surface area contributed by atoms with Gasteiger partial charge in [0.05, 0.1) is 6.54 Å². The van der Waals surface area contributed by atoms with Gasteiger partial charge in [0.2, 0.25) is 0 Å². The van der Waals surface area contributed by atoms with Crippen LogP contribution in [0.3, 0.4) is 0 Å². The van der Waals surface area contributed by atoms with Gasteiger partial charge in [-0.3, -0.25) is 0 Å². The predicted octanol–water partition coefficient (Wildman–Crippen LogP) is 3.27. The Balaban J connectivity index is 1.64. The molecule has 7 nitrogen and oxygen atoms in total. The van der Waals surface area contributed by atoms with Gasteiger partial charge in [0, 0.05) is 51.0 Å². The van der Waals surface area contributed by atoms with Crippen molar-refractivity contribution in [3.05, 3.63) is 53.7 Å². The van der Waals surface area contributed by atoms with Crippen molar-refractivity contribution < 1.29 is 4.74 Å². The van der Waals surface area contributed by atoms with Gasteiger partial charge in [-0.25, -0.2) is 9.98 Å². The molecule has 1 aromatic heterocycles. The summed E-state index contributed by atoms with van der Waals surface area (Å²) in [5.74, 6) is 2.72. The Morgan fingerprint density at radius 2 is 1.84 bits per heavy atom. The molecule has 7 heteroatoms. The maximum Gasteiger partial charge on any atom is 0.191 e. The number of hydrogen-bond donors (Lipinski definition) is 2. The topological polar surface area (TPSA) is 65.0 Å². The first-order valence-corrected chi connectivity index (χ1v) is 11.5. The van der Waals surface area contributed by atoms with Crippen LogP contribution in [-0.2, 0) is 13.1 Å². The number of likely N-dealkylation sites (N-methyl/N-ethyl adjacent to an activating group) is 1. The summed E-state index contributed by atoms with van der Waals surface area (Å²) in [6, 6.07) is 12.3. The van der Waals surface area contributed by atoms with E-state index in [1.165, 1.54) is 0 Å². The standard InChI is InChI=1S/C25H38N6O/c1-6-26-24(29-19-21-9-7-8-10-22(21)32-25(2,3)4)28-18-20-11-12-27-23(17-20)31-15-13-30(5)14-16-31/h7-12,17H,6,13-16,18-19H2,1-5H3,(H2,26,28,29). The molecule has 1 fully saturated rings. The molecule has 1 aliphatic heterocycles. The Morgan fingerprint density at radius 1 is 1.09 bits per heavy atom. The molecule has 2 N–H and O–H groups in total. The van der Waals surface area contributed by atoms with Crippen molar-refractivity contribution in [3.63, 3.8) is 0 Å². The molecule has 0 saturated carbocycles. The number of aliphatic imine (C=N–C) groups is 1. The smallest absolute Gasteiger partial charge is 0.191 e. The largest absolute Gasteiger partial charge is 0.488 e. The maximum absolute atomic E-state index is 6.12. The van der Waals surface area contributed by atoms with Gasteiger partial charge >= 0.3 is 0 Å². The van der Waals surface area contributed by atoms with Gasteiger partial charge in [-0.1, -0.05) is 18.2 Å². The number of anilines is 1. The minimum absolute atomic E-state index is 0.239. The molecule has 1 aromatic carbocycles. The normalized spacial score (nSPS) is 15.5. The fourth-order valence-electron chi connectivity index (χ4n) is 3.54. The minimum atomic E-state index is -0.239. The molecule has 0 spiro atoms. The van der Waals surface area contributed by atoms with Crippen LogP contribution in [0.1, 0.15) is 38.8 Å². The lowest BCUT2D eigenvalue weighted by atomic mass is 10.1. The highest BCUT2D eigenvalue weighted by Crippen LogP contribution is 2.23. The fourth-order valence-corrected chi connectivity index (χ4v) is 3.54. The summed E-state index contributed by atoms with van der Waals surface area (Å²) < 4.78 is 6.12. The van der Waals surface area contributed by atoms with Gasteiger partial charge < -0.3 is 25.2 Å². The van der Waals surface area contributed by atoms with E-state index in [0.29, 0.717) is 13.1 Å². The average molecular weight is 439 g/mol. The van der Waals surface area contributed by atoms with Gasteiger partial charge in [-0.05, 0) is 58.5 Å². The van der Waals surface area contributed by atoms with Crippen LogP contribution in [-0.4, -0.2) is 61.2 Å². The lowest BCUT2D eigenvalue weighted by molar-refractivity contribution is 0.129. The first kappa shape index (κ1) is 23.9. The molecule has 2 aromatic rings. The van der Waals surface area contributed by atoms with E-state index in [4.69, 9.17) is 9.73 Å². The number of para-hydroxylation sites is 1. The summed E-state index contributed by atoms with van der Waals surface area (Å²) in [4.78, 5) is 14.1. The summed E-state index contributed by atoms with van der Waals surface area (Å²) in [6.45, 7) is 14.5. The molecule has 0 amide bonds. The number of nitrogens with zero attached hydrogens (tertiary/aromatic N) is 4. The van der Waals surface area contributed by atoms with Crippen LogP contribution in [0.5, 0.6) is 5.75 Å². The summed E-state index contributed by atoms with van der Waals surface area (Å²) in [7, 11) is 2.17. The predicted molar refractivity (Wildman–Crippen MR) is 132 cm³/mol. The van der Waals surface area contributed by atoms with Crippen molar-refractivity contribution >= 4 is 11.8 Å². The quantitative estimate of drug-likeness (QED) is 0.511. The third-order valence-corrected chi connectivity index (χ3v) is 5.24. The SMILES string of the molecule is CCNC(=NCc1ccnc(N2CCN(C)CC2)c1)NCc1ccccc1OC(C)(C)C. The lowest BCUT2D eigenvalue weighted by Gasteiger charge is -2.33.